The Labute approximate surface area is 184 Å². The number of rotatable bonds is 4. The molecule has 0 N–H and O–H groups in total. The number of ether oxygens (including phenoxy) is 2. The Hall–Kier alpha value is -1.65. The van der Waals surface area contributed by atoms with Gasteiger partial charge in [0.15, 0.2) is 11.4 Å². The fourth-order valence-corrected chi connectivity index (χ4v) is 8.63. The Kier molecular flexibility index (Phi) is 4.57. The van der Waals surface area contributed by atoms with Crippen molar-refractivity contribution in [2.24, 2.45) is 40.4 Å². The fourth-order valence-electron chi connectivity index (χ4n) is 8.63. The minimum Gasteiger partial charge on any atom is -0.498 e. The van der Waals surface area contributed by atoms with E-state index in [4.69, 9.17) is 9.47 Å². The normalized spacial score (nSPS) is 47.4. The van der Waals surface area contributed by atoms with E-state index >= 15 is 4.39 Å². The summed E-state index contributed by atoms with van der Waals surface area (Å²) in [6.07, 6.45) is 6.69. The van der Waals surface area contributed by atoms with Gasteiger partial charge in [0.2, 0.25) is 0 Å². The van der Waals surface area contributed by atoms with Gasteiger partial charge in [0.05, 0.1) is 12.4 Å². The van der Waals surface area contributed by atoms with Crippen molar-refractivity contribution < 1.29 is 23.5 Å². The van der Waals surface area contributed by atoms with E-state index in [1.165, 1.54) is 6.92 Å². The summed E-state index contributed by atoms with van der Waals surface area (Å²) in [7, 11) is 0. The summed E-state index contributed by atoms with van der Waals surface area (Å²) in [6.45, 7) is 9.96. The van der Waals surface area contributed by atoms with Gasteiger partial charge in [-0.05, 0) is 81.3 Å². The van der Waals surface area contributed by atoms with E-state index in [1.54, 1.807) is 6.92 Å². The Bertz CT molecular complexity index is 905. The van der Waals surface area contributed by atoms with Crippen molar-refractivity contribution in [3.63, 3.8) is 0 Å². The van der Waals surface area contributed by atoms with Crippen LogP contribution < -0.4 is 0 Å². The molecule has 0 bridgehead atoms. The highest BCUT2D eigenvalue weighted by atomic mass is 19.1. The highest BCUT2D eigenvalue weighted by Crippen LogP contribution is 2.73. The molecule has 170 valence electrons. The molecule has 8 atom stereocenters. The van der Waals surface area contributed by atoms with Crippen LogP contribution in [-0.4, -0.2) is 24.0 Å². The van der Waals surface area contributed by atoms with E-state index in [2.05, 4.69) is 13.8 Å². The van der Waals surface area contributed by atoms with Crippen LogP contribution in [-0.2, 0) is 19.1 Å². The molecule has 5 aliphatic carbocycles. The SMILES string of the molecule is CCOC1=CC2=C(F)C[C@@H]3[C@@H](CC[C@@]4(C)[C@H]3CC[C@]4(OC(C)=O)C(C)=O)[C@]2(C)C2CC12. The van der Waals surface area contributed by atoms with E-state index in [9.17, 15) is 9.59 Å². The summed E-state index contributed by atoms with van der Waals surface area (Å²) in [5.41, 5.74) is -0.783. The van der Waals surface area contributed by atoms with E-state index in [0.29, 0.717) is 37.2 Å². The van der Waals surface area contributed by atoms with Crippen LogP contribution in [0, 0.1) is 40.4 Å². The van der Waals surface area contributed by atoms with Gasteiger partial charge in [0.1, 0.15) is 5.83 Å². The lowest BCUT2D eigenvalue weighted by atomic mass is 9.47. The molecule has 5 aliphatic rings. The van der Waals surface area contributed by atoms with Gasteiger partial charge in [0, 0.05) is 30.1 Å². The van der Waals surface area contributed by atoms with Crippen LogP contribution in [0.5, 0.6) is 0 Å². The van der Waals surface area contributed by atoms with Crippen LogP contribution in [0.3, 0.4) is 0 Å². The maximum absolute atomic E-state index is 15.7. The van der Waals surface area contributed by atoms with Gasteiger partial charge >= 0.3 is 5.97 Å². The first-order chi connectivity index (χ1) is 14.6. The molecule has 0 aromatic heterocycles. The number of hydrogen-bond acceptors (Lipinski definition) is 4. The Morgan fingerprint density at radius 3 is 2.48 bits per heavy atom. The third-order valence-electron chi connectivity index (χ3n) is 10.0. The molecule has 3 fully saturated rings. The molecular weight excluding hydrogens is 395 g/mol. The number of carbonyl (C=O) groups is 2. The largest absolute Gasteiger partial charge is 0.498 e. The van der Waals surface area contributed by atoms with Gasteiger partial charge in [-0.2, -0.15) is 0 Å². The van der Waals surface area contributed by atoms with Crippen LogP contribution in [0.1, 0.15) is 73.1 Å². The first-order valence-electron chi connectivity index (χ1n) is 12.0. The average Bonchev–Trinajstić information content (AvgIpc) is 3.44. The van der Waals surface area contributed by atoms with Gasteiger partial charge in [-0.25, -0.2) is 4.39 Å². The maximum Gasteiger partial charge on any atom is 0.303 e. The van der Waals surface area contributed by atoms with Gasteiger partial charge < -0.3 is 9.47 Å². The molecule has 0 spiro atoms. The lowest BCUT2D eigenvalue weighted by molar-refractivity contribution is -0.187. The molecule has 0 amide bonds. The first kappa shape index (κ1) is 21.2. The highest BCUT2D eigenvalue weighted by Gasteiger charge is 2.70. The zero-order valence-electron chi connectivity index (χ0n) is 19.4. The third-order valence-corrected chi connectivity index (χ3v) is 10.0. The van der Waals surface area contributed by atoms with Crippen molar-refractivity contribution in [1.82, 2.24) is 0 Å². The number of hydrogen-bond donors (Lipinski definition) is 0. The number of fused-ring (bicyclic) bond motifs is 7. The Balaban J connectivity index is 1.55. The van der Waals surface area contributed by atoms with Crippen LogP contribution in [0.2, 0.25) is 0 Å². The fraction of sp³-hybridized carbons (Fsp3) is 0.769. The number of carbonyl (C=O) groups excluding carboxylic acids is 2. The van der Waals surface area contributed by atoms with Crippen molar-refractivity contribution in [3.8, 4) is 0 Å². The van der Waals surface area contributed by atoms with Crippen molar-refractivity contribution in [3.05, 3.63) is 23.2 Å². The molecule has 31 heavy (non-hydrogen) atoms. The average molecular weight is 431 g/mol. The van der Waals surface area contributed by atoms with E-state index in [0.717, 1.165) is 37.0 Å². The highest BCUT2D eigenvalue weighted by molar-refractivity contribution is 5.89. The van der Waals surface area contributed by atoms with Gasteiger partial charge in [0.25, 0.3) is 0 Å². The van der Waals surface area contributed by atoms with E-state index in [1.807, 2.05) is 13.0 Å². The number of ketones is 1. The predicted molar refractivity (Wildman–Crippen MR) is 114 cm³/mol. The van der Waals surface area contributed by atoms with Crippen molar-refractivity contribution in [1.29, 1.82) is 0 Å². The summed E-state index contributed by atoms with van der Waals surface area (Å²) in [4.78, 5) is 24.8. The lowest BCUT2D eigenvalue weighted by Gasteiger charge is -2.58. The number of esters is 1. The molecule has 0 saturated heterocycles. The molecule has 4 nitrogen and oxygen atoms in total. The zero-order chi connectivity index (χ0) is 22.3. The van der Waals surface area contributed by atoms with Crippen LogP contribution >= 0.6 is 0 Å². The number of allylic oxidation sites excluding steroid dienone is 4. The van der Waals surface area contributed by atoms with Crippen LogP contribution in [0.4, 0.5) is 4.39 Å². The Morgan fingerprint density at radius 2 is 1.84 bits per heavy atom. The molecule has 0 heterocycles. The minimum atomic E-state index is -1.06. The number of halogens is 1. The van der Waals surface area contributed by atoms with Crippen molar-refractivity contribution in [2.75, 3.05) is 6.61 Å². The monoisotopic (exact) mass is 430 g/mol. The number of Topliss-reactive ketones (excluding diaryl/α,β-unsaturated/α-hetero) is 1. The van der Waals surface area contributed by atoms with Crippen molar-refractivity contribution >= 4 is 11.8 Å². The summed E-state index contributed by atoms with van der Waals surface area (Å²) < 4.78 is 27.4. The molecule has 0 aliphatic heterocycles. The molecule has 2 unspecified atom stereocenters. The second-order valence-corrected chi connectivity index (χ2v) is 11.1. The van der Waals surface area contributed by atoms with E-state index in [-0.39, 0.29) is 28.9 Å². The topological polar surface area (TPSA) is 52.6 Å². The second-order valence-electron chi connectivity index (χ2n) is 11.1. The summed E-state index contributed by atoms with van der Waals surface area (Å²) in [5.74, 6) is 2.16. The molecule has 0 aromatic rings. The summed E-state index contributed by atoms with van der Waals surface area (Å²) >= 11 is 0. The first-order valence-corrected chi connectivity index (χ1v) is 12.0. The van der Waals surface area contributed by atoms with Gasteiger partial charge in [-0.1, -0.05) is 13.8 Å². The lowest BCUT2D eigenvalue weighted by Crippen LogP contribution is -2.58. The van der Waals surface area contributed by atoms with E-state index < -0.39 is 17.0 Å². The summed E-state index contributed by atoms with van der Waals surface area (Å²) in [5, 5.41) is 0. The molecule has 0 radical (unpaired) electrons. The molecule has 5 heteroatoms. The molecule has 5 rings (SSSR count). The summed E-state index contributed by atoms with van der Waals surface area (Å²) in [6, 6.07) is 0. The van der Waals surface area contributed by atoms with Crippen LogP contribution in [0.15, 0.2) is 23.2 Å². The quantitative estimate of drug-likeness (QED) is 0.551. The van der Waals surface area contributed by atoms with Gasteiger partial charge in [-0.15, -0.1) is 0 Å². The smallest absolute Gasteiger partial charge is 0.303 e. The maximum atomic E-state index is 15.7. The predicted octanol–water partition coefficient (Wildman–Crippen LogP) is 5.52. The molecule has 3 saturated carbocycles. The van der Waals surface area contributed by atoms with Crippen molar-refractivity contribution in [2.45, 2.75) is 78.7 Å². The third kappa shape index (κ3) is 2.58. The molecule has 0 aromatic carbocycles. The minimum absolute atomic E-state index is 0.00312. The van der Waals surface area contributed by atoms with Crippen LogP contribution in [0.25, 0.3) is 0 Å². The standard InChI is InChI=1S/C26H35FO4/c1-6-30-23-13-21-22(27)12-16-18-8-10-26(14(2)28,31-15(3)29)24(18,4)9-7-19(16)25(21,5)20-11-17(20)23/h13,16-20H,6-12H2,1-5H3/t16-,17?,18-,19+,20?,24-,25+,26-/m0/s1. The molecular formula is C26H35FO4. The van der Waals surface area contributed by atoms with Gasteiger partial charge in [-0.3, -0.25) is 9.59 Å². The zero-order valence-corrected chi connectivity index (χ0v) is 19.4. The second kappa shape index (κ2) is 6.68. The Morgan fingerprint density at radius 1 is 1.13 bits per heavy atom.